The van der Waals surface area contributed by atoms with Gasteiger partial charge in [0.25, 0.3) is 0 Å². The molecule has 0 unspecified atom stereocenters. The van der Waals surface area contributed by atoms with Crippen molar-refractivity contribution in [2.75, 3.05) is 18.8 Å². The number of halogens is 3. The molecule has 1 amide bonds. The van der Waals surface area contributed by atoms with Gasteiger partial charge in [-0.15, -0.1) is 10.2 Å². The largest absolute Gasteiger partial charge is 0.406 e. The number of amides is 1. The molecule has 152 valence electrons. The van der Waals surface area contributed by atoms with Crippen LogP contribution in [0.3, 0.4) is 0 Å². The fourth-order valence-electron chi connectivity index (χ4n) is 3.15. The summed E-state index contributed by atoms with van der Waals surface area (Å²) in [5, 5.41) is 7.93. The van der Waals surface area contributed by atoms with Crippen molar-refractivity contribution in [3.63, 3.8) is 0 Å². The van der Waals surface area contributed by atoms with Crippen molar-refractivity contribution in [2.24, 2.45) is 0 Å². The molecule has 1 aliphatic heterocycles. The Bertz CT molecular complexity index is 773. The molecule has 0 saturated carbocycles. The highest BCUT2D eigenvalue weighted by atomic mass is 32.2. The van der Waals surface area contributed by atoms with Crippen LogP contribution >= 0.6 is 11.8 Å². The average molecular weight is 413 g/mol. The van der Waals surface area contributed by atoms with E-state index in [1.54, 1.807) is 17.0 Å². The summed E-state index contributed by atoms with van der Waals surface area (Å²) in [5.74, 6) is 0.0895. The zero-order valence-corrected chi connectivity index (χ0v) is 16.2. The van der Waals surface area contributed by atoms with Crippen LogP contribution in [0.1, 0.15) is 32.1 Å². The van der Waals surface area contributed by atoms with Crippen molar-refractivity contribution in [1.29, 1.82) is 0 Å². The first-order valence-corrected chi connectivity index (χ1v) is 10.2. The third-order valence-corrected chi connectivity index (χ3v) is 5.48. The summed E-state index contributed by atoms with van der Waals surface area (Å²) >= 11 is 1.000. The van der Waals surface area contributed by atoms with Gasteiger partial charge in [-0.3, -0.25) is 14.3 Å². The number of hydrogen-bond donors (Lipinski definition) is 0. The predicted octanol–water partition coefficient (Wildman–Crippen LogP) is 3.79. The van der Waals surface area contributed by atoms with E-state index in [0.717, 1.165) is 42.0 Å². The smallest absolute Gasteiger partial charge is 0.342 e. The predicted molar refractivity (Wildman–Crippen MR) is 99.7 cm³/mol. The van der Waals surface area contributed by atoms with Gasteiger partial charge in [-0.2, -0.15) is 13.2 Å². The Morgan fingerprint density at radius 2 is 1.68 bits per heavy atom. The number of hydrogen-bond acceptors (Lipinski definition) is 5. The van der Waals surface area contributed by atoms with Crippen LogP contribution in [0.25, 0.3) is 11.4 Å². The number of thioether (sulfide) groups is 1. The molecular formula is C18H22F3N5OS. The molecule has 1 aliphatic rings. The summed E-state index contributed by atoms with van der Waals surface area (Å²) < 4.78 is 40.3. The van der Waals surface area contributed by atoms with Crippen molar-refractivity contribution < 1.29 is 18.0 Å². The number of alkyl halides is 3. The average Bonchev–Trinajstić information content (AvgIpc) is 3.01. The summed E-state index contributed by atoms with van der Waals surface area (Å²) in [4.78, 5) is 18.2. The van der Waals surface area contributed by atoms with Gasteiger partial charge in [-0.05, 0) is 25.0 Å². The van der Waals surface area contributed by atoms with E-state index in [-0.39, 0.29) is 22.6 Å². The quantitative estimate of drug-likeness (QED) is 0.698. The number of carbonyl (C=O) groups is 1. The van der Waals surface area contributed by atoms with Crippen molar-refractivity contribution in [2.45, 2.75) is 50.0 Å². The Morgan fingerprint density at radius 1 is 1.04 bits per heavy atom. The summed E-state index contributed by atoms with van der Waals surface area (Å²) in [6, 6.07) is 3.16. The zero-order valence-electron chi connectivity index (χ0n) is 15.4. The Kier molecular flexibility index (Phi) is 6.93. The number of nitrogens with zero attached hydrogens (tertiary/aromatic N) is 5. The number of likely N-dealkylation sites (tertiary alicyclic amines) is 1. The van der Waals surface area contributed by atoms with Gasteiger partial charge < -0.3 is 4.90 Å². The maximum atomic E-state index is 13.1. The molecule has 6 nitrogen and oxygen atoms in total. The Morgan fingerprint density at radius 3 is 2.32 bits per heavy atom. The molecule has 3 heterocycles. The molecule has 3 rings (SSSR count). The minimum atomic E-state index is -4.42. The van der Waals surface area contributed by atoms with Crippen LogP contribution in [0.5, 0.6) is 0 Å². The summed E-state index contributed by atoms with van der Waals surface area (Å²) in [5.41, 5.74) is 0.494. The summed E-state index contributed by atoms with van der Waals surface area (Å²) in [6.45, 7) is 0.200. The number of aromatic nitrogens is 4. The molecule has 1 fully saturated rings. The fraction of sp³-hybridized carbons (Fsp3) is 0.556. The number of rotatable bonds is 5. The van der Waals surface area contributed by atoms with Gasteiger partial charge in [-0.25, -0.2) is 0 Å². The maximum Gasteiger partial charge on any atom is 0.406 e. The van der Waals surface area contributed by atoms with Crippen LogP contribution in [0.2, 0.25) is 0 Å². The first kappa shape index (κ1) is 20.6. The van der Waals surface area contributed by atoms with Gasteiger partial charge in [-0.1, -0.05) is 31.0 Å². The van der Waals surface area contributed by atoms with Crippen LogP contribution in [-0.2, 0) is 11.3 Å². The molecule has 0 atom stereocenters. The van der Waals surface area contributed by atoms with E-state index in [9.17, 15) is 18.0 Å². The summed E-state index contributed by atoms with van der Waals surface area (Å²) in [7, 11) is 0. The van der Waals surface area contributed by atoms with Crippen molar-refractivity contribution in [3.8, 4) is 11.4 Å². The van der Waals surface area contributed by atoms with Crippen molar-refractivity contribution in [1.82, 2.24) is 24.6 Å². The third kappa shape index (κ3) is 5.70. The van der Waals surface area contributed by atoms with E-state index in [4.69, 9.17) is 0 Å². The molecule has 2 aromatic heterocycles. The Balaban J connectivity index is 1.74. The van der Waals surface area contributed by atoms with Crippen LogP contribution in [-0.4, -0.2) is 55.6 Å². The number of pyridine rings is 1. The van der Waals surface area contributed by atoms with E-state index in [1.807, 2.05) is 0 Å². The van der Waals surface area contributed by atoms with Gasteiger partial charge in [0.2, 0.25) is 5.91 Å². The standard InChI is InChI=1S/C18H22F3N5OS/c19-18(20,21)13-26-16(14-6-8-22-9-7-14)23-24-17(26)28-12-15(27)25-10-4-2-1-3-5-11-25/h6-9H,1-5,10-13H2. The Hall–Kier alpha value is -2.10. The topological polar surface area (TPSA) is 63.9 Å². The van der Waals surface area contributed by atoms with E-state index < -0.39 is 12.7 Å². The second-order valence-electron chi connectivity index (χ2n) is 6.68. The van der Waals surface area contributed by atoms with Crippen molar-refractivity contribution in [3.05, 3.63) is 24.5 Å². The molecule has 10 heteroatoms. The lowest BCUT2D eigenvalue weighted by Gasteiger charge is -2.24. The van der Waals surface area contributed by atoms with Gasteiger partial charge in [0.05, 0.1) is 5.75 Å². The van der Waals surface area contributed by atoms with E-state index in [0.29, 0.717) is 18.7 Å². The Labute approximate surface area is 165 Å². The maximum absolute atomic E-state index is 13.1. The molecule has 0 bridgehead atoms. The number of carbonyl (C=O) groups excluding carboxylic acids is 1. The molecule has 2 aromatic rings. The second kappa shape index (κ2) is 9.40. The molecule has 0 N–H and O–H groups in total. The molecular weight excluding hydrogens is 391 g/mol. The highest BCUT2D eigenvalue weighted by Gasteiger charge is 2.31. The third-order valence-electron chi connectivity index (χ3n) is 4.53. The van der Waals surface area contributed by atoms with Crippen LogP contribution in [0.15, 0.2) is 29.7 Å². The SMILES string of the molecule is O=C(CSc1nnc(-c2ccncc2)n1CC(F)(F)F)N1CCCCCCC1. The fourth-order valence-corrected chi connectivity index (χ4v) is 3.99. The molecule has 1 saturated heterocycles. The lowest BCUT2D eigenvalue weighted by atomic mass is 10.1. The molecule has 0 radical (unpaired) electrons. The first-order chi connectivity index (χ1) is 13.4. The highest BCUT2D eigenvalue weighted by molar-refractivity contribution is 7.99. The van der Waals surface area contributed by atoms with Gasteiger partial charge in [0.1, 0.15) is 6.54 Å². The summed E-state index contributed by atoms with van der Waals surface area (Å²) in [6.07, 6.45) is 3.87. The van der Waals surface area contributed by atoms with E-state index in [1.165, 1.54) is 18.8 Å². The molecule has 28 heavy (non-hydrogen) atoms. The zero-order chi connectivity index (χ0) is 20.0. The minimum Gasteiger partial charge on any atom is -0.342 e. The van der Waals surface area contributed by atoms with Gasteiger partial charge in [0, 0.05) is 31.0 Å². The van der Waals surface area contributed by atoms with E-state index >= 15 is 0 Å². The second-order valence-corrected chi connectivity index (χ2v) is 7.62. The monoisotopic (exact) mass is 413 g/mol. The molecule has 0 spiro atoms. The van der Waals surface area contributed by atoms with Crippen LogP contribution in [0, 0.1) is 0 Å². The highest BCUT2D eigenvalue weighted by Crippen LogP contribution is 2.28. The lowest BCUT2D eigenvalue weighted by Crippen LogP contribution is -2.35. The van der Waals surface area contributed by atoms with Crippen LogP contribution < -0.4 is 0 Å². The van der Waals surface area contributed by atoms with Crippen molar-refractivity contribution >= 4 is 17.7 Å². The van der Waals surface area contributed by atoms with Gasteiger partial charge in [0.15, 0.2) is 11.0 Å². The normalized spacial score (nSPS) is 15.9. The first-order valence-electron chi connectivity index (χ1n) is 9.25. The lowest BCUT2D eigenvalue weighted by molar-refractivity contribution is -0.141. The minimum absolute atomic E-state index is 0.0480. The van der Waals surface area contributed by atoms with E-state index in [2.05, 4.69) is 15.2 Å². The molecule has 0 aliphatic carbocycles. The van der Waals surface area contributed by atoms with Crippen LogP contribution in [0.4, 0.5) is 13.2 Å². The molecule has 0 aromatic carbocycles. The van der Waals surface area contributed by atoms with Gasteiger partial charge >= 0.3 is 6.18 Å².